The Morgan fingerprint density at radius 1 is 1.03 bits per heavy atom. The molecule has 34 heavy (non-hydrogen) atoms. The van der Waals surface area contributed by atoms with E-state index in [2.05, 4.69) is 26.9 Å². The van der Waals surface area contributed by atoms with E-state index >= 15 is 0 Å². The molecule has 0 unspecified atom stereocenters. The zero-order valence-corrected chi connectivity index (χ0v) is 21.1. The van der Waals surface area contributed by atoms with Crippen molar-refractivity contribution in [2.45, 2.75) is 82.6 Å². The largest absolute Gasteiger partial charge is 0.348 e. The third-order valence-corrected chi connectivity index (χ3v) is 9.46. The second kappa shape index (κ2) is 9.50. The molecule has 1 spiro atoms. The van der Waals surface area contributed by atoms with Crippen molar-refractivity contribution in [3.8, 4) is 0 Å². The standard InChI is InChI=1S/C25H37N5O3S/c1-18-21-17-22(34-24(21)30(26-18)20-5-3-2-4-6-20)23(31)27-29-13-11-28(12-14-29)19-7-9-25(10-8-19)32-15-16-33-25/h17,19-20H,2-16H2,1H3,(H,27,31). The van der Waals surface area contributed by atoms with Crippen LogP contribution in [-0.2, 0) is 9.47 Å². The van der Waals surface area contributed by atoms with Crippen LogP contribution < -0.4 is 5.43 Å². The first-order valence-electron chi connectivity index (χ1n) is 13.2. The molecule has 0 aromatic carbocycles. The number of nitrogens with zero attached hydrogens (tertiary/aromatic N) is 4. The maximum atomic E-state index is 13.1. The first-order chi connectivity index (χ1) is 16.6. The van der Waals surface area contributed by atoms with Gasteiger partial charge >= 0.3 is 0 Å². The Bertz CT molecular complexity index is 1010. The molecule has 2 saturated carbocycles. The van der Waals surface area contributed by atoms with E-state index in [1.165, 1.54) is 32.1 Å². The highest BCUT2D eigenvalue weighted by molar-refractivity contribution is 7.20. The van der Waals surface area contributed by atoms with E-state index in [0.29, 0.717) is 12.1 Å². The molecular weight excluding hydrogens is 450 g/mol. The van der Waals surface area contributed by atoms with Crippen LogP contribution in [0.3, 0.4) is 0 Å². The molecule has 4 fully saturated rings. The smallest absolute Gasteiger partial charge is 0.275 e. The summed E-state index contributed by atoms with van der Waals surface area (Å²) in [7, 11) is 0. The molecule has 6 rings (SSSR count). The van der Waals surface area contributed by atoms with Crippen LogP contribution >= 0.6 is 11.3 Å². The number of hydrogen-bond donors (Lipinski definition) is 1. The van der Waals surface area contributed by atoms with Crippen molar-refractivity contribution in [2.75, 3.05) is 39.4 Å². The molecule has 2 saturated heterocycles. The number of carbonyl (C=O) groups is 1. The van der Waals surface area contributed by atoms with Gasteiger partial charge in [0.05, 0.1) is 29.8 Å². The number of aromatic nitrogens is 2. The lowest BCUT2D eigenvalue weighted by Crippen LogP contribution is -2.56. The predicted octanol–water partition coefficient (Wildman–Crippen LogP) is 3.86. The Labute approximate surface area is 205 Å². The first kappa shape index (κ1) is 22.9. The quantitative estimate of drug-likeness (QED) is 0.706. The number of carbonyl (C=O) groups excluding carboxylic acids is 1. The van der Waals surface area contributed by atoms with Gasteiger partial charge in [-0.1, -0.05) is 19.3 Å². The van der Waals surface area contributed by atoms with Crippen molar-refractivity contribution in [3.05, 3.63) is 16.6 Å². The summed E-state index contributed by atoms with van der Waals surface area (Å²) in [6, 6.07) is 3.12. The van der Waals surface area contributed by atoms with Crippen LogP contribution in [0, 0.1) is 6.92 Å². The number of thiophene rings is 1. The first-order valence-corrected chi connectivity index (χ1v) is 14.0. The number of piperazine rings is 1. The lowest BCUT2D eigenvalue weighted by molar-refractivity contribution is -0.184. The molecule has 4 aliphatic rings. The van der Waals surface area contributed by atoms with Crippen LogP contribution in [0.1, 0.15) is 79.2 Å². The van der Waals surface area contributed by atoms with Crippen molar-refractivity contribution in [3.63, 3.8) is 0 Å². The van der Waals surface area contributed by atoms with E-state index in [1.807, 2.05) is 6.07 Å². The number of nitrogens with one attached hydrogen (secondary N) is 1. The van der Waals surface area contributed by atoms with Gasteiger partial charge in [0.25, 0.3) is 5.91 Å². The zero-order chi connectivity index (χ0) is 23.1. The van der Waals surface area contributed by atoms with E-state index in [9.17, 15) is 4.79 Å². The average molecular weight is 488 g/mol. The van der Waals surface area contributed by atoms with Gasteiger partial charge in [-0.25, -0.2) is 5.01 Å². The number of ether oxygens (including phenoxy) is 2. The number of hydrogen-bond acceptors (Lipinski definition) is 7. The van der Waals surface area contributed by atoms with Gasteiger partial charge in [-0.15, -0.1) is 11.3 Å². The molecule has 2 aliphatic carbocycles. The van der Waals surface area contributed by atoms with Gasteiger partial charge in [0.1, 0.15) is 4.83 Å². The Balaban J connectivity index is 1.04. The summed E-state index contributed by atoms with van der Waals surface area (Å²) in [6.07, 6.45) is 10.5. The van der Waals surface area contributed by atoms with Crippen molar-refractivity contribution < 1.29 is 14.3 Å². The average Bonchev–Trinajstić information content (AvgIpc) is 3.58. The molecule has 9 heteroatoms. The fraction of sp³-hybridized carbons (Fsp3) is 0.760. The number of aryl methyl sites for hydroxylation is 1. The summed E-state index contributed by atoms with van der Waals surface area (Å²) >= 11 is 1.60. The van der Waals surface area contributed by atoms with Crippen LogP contribution in [0.4, 0.5) is 0 Å². The predicted molar refractivity (Wildman–Crippen MR) is 132 cm³/mol. The van der Waals surface area contributed by atoms with Crippen LogP contribution in [0.5, 0.6) is 0 Å². The Morgan fingerprint density at radius 2 is 1.74 bits per heavy atom. The molecule has 0 radical (unpaired) electrons. The fourth-order valence-corrected chi connectivity index (χ4v) is 7.47. The molecule has 2 aromatic rings. The van der Waals surface area contributed by atoms with E-state index in [4.69, 9.17) is 14.6 Å². The molecule has 1 amide bonds. The normalized spacial score (nSPS) is 25.4. The van der Waals surface area contributed by atoms with E-state index in [1.54, 1.807) is 11.3 Å². The van der Waals surface area contributed by atoms with Crippen molar-refractivity contribution in [2.24, 2.45) is 0 Å². The summed E-state index contributed by atoms with van der Waals surface area (Å²) in [5.74, 6) is -0.275. The highest BCUT2D eigenvalue weighted by Gasteiger charge is 2.41. The van der Waals surface area contributed by atoms with Gasteiger partial charge < -0.3 is 9.47 Å². The van der Waals surface area contributed by atoms with Gasteiger partial charge in [-0.05, 0) is 38.7 Å². The van der Waals surface area contributed by atoms with Gasteiger partial charge in [-0.2, -0.15) is 5.10 Å². The van der Waals surface area contributed by atoms with Crippen molar-refractivity contribution in [1.82, 2.24) is 25.1 Å². The summed E-state index contributed by atoms with van der Waals surface area (Å²) in [5, 5.41) is 8.06. The third-order valence-electron chi connectivity index (χ3n) is 8.33. The lowest BCUT2D eigenvalue weighted by Gasteiger charge is -2.43. The molecule has 2 aliphatic heterocycles. The van der Waals surface area contributed by atoms with Gasteiger partial charge in [0.15, 0.2) is 5.79 Å². The summed E-state index contributed by atoms with van der Waals surface area (Å²) < 4.78 is 14.0. The fourth-order valence-electron chi connectivity index (χ4n) is 6.35. The van der Waals surface area contributed by atoms with Crippen LogP contribution in [0.2, 0.25) is 0 Å². The number of amides is 1. The molecule has 2 aromatic heterocycles. The second-order valence-corrected chi connectivity index (χ2v) is 11.5. The van der Waals surface area contributed by atoms with E-state index in [-0.39, 0.29) is 11.7 Å². The Hall–Kier alpha value is -1.52. The second-order valence-electron chi connectivity index (χ2n) is 10.5. The summed E-state index contributed by atoms with van der Waals surface area (Å²) in [6.45, 7) is 7.24. The Kier molecular flexibility index (Phi) is 6.40. The molecular formula is C25H37N5O3S. The zero-order valence-electron chi connectivity index (χ0n) is 20.3. The molecule has 8 nitrogen and oxygen atoms in total. The minimum atomic E-state index is -0.289. The van der Waals surface area contributed by atoms with E-state index in [0.717, 1.165) is 85.9 Å². The third kappa shape index (κ3) is 4.41. The van der Waals surface area contributed by atoms with Crippen molar-refractivity contribution >= 4 is 27.5 Å². The Morgan fingerprint density at radius 3 is 2.44 bits per heavy atom. The SMILES string of the molecule is Cc1nn(C2CCCCC2)c2sc(C(=O)NN3CCN(C4CCC5(CC4)OCCO5)CC3)cc12. The number of rotatable bonds is 4. The minimum Gasteiger partial charge on any atom is -0.348 e. The van der Waals surface area contributed by atoms with Crippen LogP contribution in [0.15, 0.2) is 6.07 Å². The van der Waals surface area contributed by atoms with E-state index < -0.39 is 0 Å². The van der Waals surface area contributed by atoms with Gasteiger partial charge in [-0.3, -0.25) is 19.8 Å². The monoisotopic (exact) mass is 487 g/mol. The molecule has 0 atom stereocenters. The van der Waals surface area contributed by atoms with Gasteiger partial charge in [0.2, 0.25) is 0 Å². The highest BCUT2D eigenvalue weighted by Crippen LogP contribution is 2.38. The minimum absolute atomic E-state index is 0.0133. The lowest BCUT2D eigenvalue weighted by atomic mass is 9.89. The van der Waals surface area contributed by atoms with Crippen LogP contribution in [-0.4, -0.2) is 76.8 Å². The van der Waals surface area contributed by atoms with Gasteiger partial charge in [0, 0.05) is 50.4 Å². The number of fused-ring (bicyclic) bond motifs is 1. The maximum absolute atomic E-state index is 13.1. The molecule has 0 bridgehead atoms. The number of hydrazine groups is 1. The molecule has 1 N–H and O–H groups in total. The summed E-state index contributed by atoms with van der Waals surface area (Å²) in [4.78, 5) is 17.6. The molecule has 4 heterocycles. The topological polar surface area (TPSA) is 71.9 Å². The highest BCUT2D eigenvalue weighted by atomic mass is 32.1. The van der Waals surface area contributed by atoms with Crippen molar-refractivity contribution in [1.29, 1.82) is 0 Å². The maximum Gasteiger partial charge on any atom is 0.275 e. The summed E-state index contributed by atoms with van der Waals surface area (Å²) in [5.41, 5.74) is 4.21. The van der Waals surface area contributed by atoms with Crippen LogP contribution in [0.25, 0.3) is 10.2 Å². The molecule has 186 valence electrons.